The third-order valence-electron chi connectivity index (χ3n) is 6.92. The third-order valence-corrected chi connectivity index (χ3v) is 8.58. The van der Waals surface area contributed by atoms with Gasteiger partial charge in [0, 0.05) is 23.6 Å². The topological polar surface area (TPSA) is 117 Å². The molecule has 0 bridgehead atoms. The van der Waals surface area contributed by atoms with Crippen LogP contribution in [0.25, 0.3) is 11.8 Å². The molecule has 2 aromatic carbocycles. The Morgan fingerprint density at radius 3 is 2.63 bits per heavy atom. The number of carbonyl (C=O) groups excluding carboxylic acids is 1. The number of ether oxygens (including phenoxy) is 1. The summed E-state index contributed by atoms with van der Waals surface area (Å²) >= 11 is 0. The number of nitrogens with zero attached hydrogens (tertiary/aromatic N) is 3. The highest BCUT2D eigenvalue weighted by Crippen LogP contribution is 2.32. The Morgan fingerprint density at radius 1 is 1.12 bits per heavy atom. The van der Waals surface area contributed by atoms with Crippen LogP contribution in [0.15, 0.2) is 60.4 Å². The summed E-state index contributed by atoms with van der Waals surface area (Å²) in [7, 11) is -3.67. The maximum Gasteiger partial charge on any atom is 0.219 e. The van der Waals surface area contributed by atoms with Crippen LogP contribution in [0.4, 0.5) is 14.6 Å². The van der Waals surface area contributed by atoms with Crippen LogP contribution in [0.2, 0.25) is 0 Å². The second-order valence-electron chi connectivity index (χ2n) is 9.98. The van der Waals surface area contributed by atoms with E-state index in [4.69, 9.17) is 10.5 Å². The fourth-order valence-electron chi connectivity index (χ4n) is 4.74. The molecular formula is C30H28F2N4O4S. The molecule has 0 saturated heterocycles. The number of halogens is 2. The molecule has 0 unspecified atom stereocenters. The van der Waals surface area contributed by atoms with Crippen LogP contribution in [0.1, 0.15) is 44.6 Å². The molecule has 4 aromatic rings. The average molecular weight is 579 g/mol. The van der Waals surface area contributed by atoms with Crippen molar-refractivity contribution in [2.75, 3.05) is 18.2 Å². The molecule has 2 aromatic heterocycles. The van der Waals surface area contributed by atoms with Gasteiger partial charge in [-0.2, -0.15) is 5.10 Å². The van der Waals surface area contributed by atoms with Gasteiger partial charge in [0.15, 0.2) is 15.6 Å². The van der Waals surface area contributed by atoms with Crippen LogP contribution < -0.4 is 10.5 Å². The highest BCUT2D eigenvalue weighted by atomic mass is 32.2. The van der Waals surface area contributed by atoms with E-state index >= 15 is 0 Å². The molecule has 0 amide bonds. The fourth-order valence-corrected chi connectivity index (χ4v) is 6.13. The van der Waals surface area contributed by atoms with Gasteiger partial charge in [-0.15, -0.1) is 0 Å². The number of Topliss-reactive ketones (excluding diaryl/α,β-unsaturated/α-hetero) is 1. The second kappa shape index (κ2) is 11.2. The number of nitrogens with two attached hydrogens (primary N) is 1. The van der Waals surface area contributed by atoms with Crippen molar-refractivity contribution in [1.29, 1.82) is 0 Å². The van der Waals surface area contributed by atoms with Crippen molar-refractivity contribution in [3.05, 3.63) is 99.6 Å². The SMILES string of the molecule is Cc1ccccc1Oc1cc(C)c(-n2ncc(C(=O)C3=Cc4cc(F)c(CS(=O)(=O)CCCF)cc4C3)c2N)cn1. The lowest BCUT2D eigenvalue weighted by Gasteiger charge is -2.11. The molecule has 5 rings (SSSR count). The third kappa shape index (κ3) is 5.90. The van der Waals surface area contributed by atoms with E-state index in [2.05, 4.69) is 10.1 Å². The van der Waals surface area contributed by atoms with E-state index in [9.17, 15) is 22.0 Å². The molecule has 2 N–H and O–H groups in total. The quantitative estimate of drug-likeness (QED) is 0.247. The number of hydrogen-bond acceptors (Lipinski definition) is 7. The summed E-state index contributed by atoms with van der Waals surface area (Å²) in [6.07, 6.45) is 4.57. The molecule has 1 aliphatic rings. The number of alkyl halides is 1. The number of anilines is 1. The lowest BCUT2D eigenvalue weighted by molar-refractivity contribution is 0.103. The largest absolute Gasteiger partial charge is 0.439 e. The van der Waals surface area contributed by atoms with Crippen LogP contribution in [0, 0.1) is 19.7 Å². The van der Waals surface area contributed by atoms with Gasteiger partial charge >= 0.3 is 0 Å². The number of fused-ring (bicyclic) bond motifs is 1. The van der Waals surface area contributed by atoms with Gasteiger partial charge in [0.1, 0.15) is 17.4 Å². The zero-order valence-corrected chi connectivity index (χ0v) is 23.3. The van der Waals surface area contributed by atoms with Crippen molar-refractivity contribution in [3.63, 3.8) is 0 Å². The predicted octanol–water partition coefficient (Wildman–Crippen LogP) is 5.49. The number of aryl methyl sites for hydroxylation is 2. The van der Waals surface area contributed by atoms with E-state index in [1.807, 2.05) is 38.1 Å². The van der Waals surface area contributed by atoms with Gasteiger partial charge in [-0.05, 0) is 60.7 Å². The molecule has 0 spiro atoms. The smallest absolute Gasteiger partial charge is 0.219 e. The number of benzene rings is 2. The Morgan fingerprint density at radius 2 is 1.90 bits per heavy atom. The lowest BCUT2D eigenvalue weighted by atomic mass is 10.0. The van der Waals surface area contributed by atoms with Gasteiger partial charge in [0.25, 0.3) is 0 Å². The van der Waals surface area contributed by atoms with Gasteiger partial charge in [0.05, 0.1) is 41.8 Å². The Kier molecular flexibility index (Phi) is 7.72. The molecule has 0 aliphatic heterocycles. The highest BCUT2D eigenvalue weighted by Gasteiger charge is 2.26. The number of sulfone groups is 1. The minimum atomic E-state index is -3.67. The first kappa shape index (κ1) is 28.2. The van der Waals surface area contributed by atoms with Gasteiger partial charge in [-0.3, -0.25) is 9.18 Å². The molecular weight excluding hydrogens is 550 g/mol. The summed E-state index contributed by atoms with van der Waals surface area (Å²) in [6.45, 7) is 3.03. The summed E-state index contributed by atoms with van der Waals surface area (Å²) in [5.41, 5.74) is 10.3. The number of para-hydroxylation sites is 1. The van der Waals surface area contributed by atoms with Crippen molar-refractivity contribution in [1.82, 2.24) is 14.8 Å². The number of rotatable bonds is 10. The first-order chi connectivity index (χ1) is 19.6. The van der Waals surface area contributed by atoms with Crippen molar-refractivity contribution in [3.8, 4) is 17.3 Å². The summed E-state index contributed by atoms with van der Waals surface area (Å²) in [5, 5.41) is 4.32. The first-order valence-corrected chi connectivity index (χ1v) is 14.8. The Labute approximate surface area is 236 Å². The van der Waals surface area contributed by atoms with E-state index in [1.165, 1.54) is 23.0 Å². The molecule has 8 nitrogen and oxygen atoms in total. The molecule has 212 valence electrons. The number of allylic oxidation sites excluding steroid dienone is 1. The Hall–Kier alpha value is -4.38. The van der Waals surface area contributed by atoms with Crippen LogP contribution in [0.5, 0.6) is 11.6 Å². The minimum Gasteiger partial charge on any atom is -0.439 e. The van der Waals surface area contributed by atoms with Gasteiger partial charge in [-0.25, -0.2) is 22.5 Å². The standard InChI is InChI=1S/C30H28F2N4O4S/c1-18-6-3-4-7-27(18)40-28-10-19(2)26(16-34-28)36-30(33)24(15-35-36)29(37)22-11-20-13-23(25(32)14-21(20)12-22)17-41(38,39)9-5-8-31/h3-4,6-7,10,12-16H,5,8-9,11,17,33H2,1-2H3. The minimum absolute atomic E-state index is 0.00475. The summed E-state index contributed by atoms with van der Waals surface area (Å²) < 4.78 is 58.9. The van der Waals surface area contributed by atoms with Gasteiger partial charge < -0.3 is 10.5 Å². The maximum absolute atomic E-state index is 14.7. The number of ketones is 1. The van der Waals surface area contributed by atoms with Crippen molar-refractivity contribution in [2.24, 2.45) is 0 Å². The van der Waals surface area contributed by atoms with Gasteiger partial charge in [-0.1, -0.05) is 24.3 Å². The first-order valence-electron chi connectivity index (χ1n) is 12.9. The van der Waals surface area contributed by atoms with E-state index < -0.39 is 28.1 Å². The molecule has 2 heterocycles. The van der Waals surface area contributed by atoms with Crippen LogP contribution >= 0.6 is 0 Å². The molecule has 0 radical (unpaired) electrons. The lowest BCUT2D eigenvalue weighted by Crippen LogP contribution is -2.11. The monoisotopic (exact) mass is 578 g/mol. The van der Waals surface area contributed by atoms with E-state index in [-0.39, 0.29) is 41.3 Å². The van der Waals surface area contributed by atoms with E-state index in [1.54, 1.807) is 18.3 Å². The Balaban J connectivity index is 1.34. The summed E-state index contributed by atoms with van der Waals surface area (Å²) in [6, 6.07) is 12.0. The molecule has 1 aliphatic carbocycles. The average Bonchev–Trinajstić information content (AvgIpc) is 3.51. The van der Waals surface area contributed by atoms with Crippen LogP contribution in [0.3, 0.4) is 0 Å². The number of hydrogen-bond donors (Lipinski definition) is 1. The number of pyridine rings is 1. The molecule has 0 fully saturated rings. The highest BCUT2D eigenvalue weighted by molar-refractivity contribution is 7.90. The molecule has 0 atom stereocenters. The predicted molar refractivity (Wildman–Crippen MR) is 152 cm³/mol. The second-order valence-corrected chi connectivity index (χ2v) is 12.2. The zero-order valence-electron chi connectivity index (χ0n) is 22.5. The van der Waals surface area contributed by atoms with E-state index in [0.29, 0.717) is 34.0 Å². The number of carbonyl (C=O) groups is 1. The zero-order chi connectivity index (χ0) is 29.3. The molecule has 11 heteroatoms. The van der Waals surface area contributed by atoms with Crippen LogP contribution in [-0.2, 0) is 22.0 Å². The molecule has 0 saturated carbocycles. The van der Waals surface area contributed by atoms with Crippen molar-refractivity contribution >= 4 is 27.5 Å². The number of nitrogen functional groups attached to an aromatic ring is 1. The van der Waals surface area contributed by atoms with Crippen molar-refractivity contribution < 1.29 is 26.7 Å². The number of aromatic nitrogens is 3. The van der Waals surface area contributed by atoms with Gasteiger partial charge in [0.2, 0.25) is 5.88 Å². The van der Waals surface area contributed by atoms with Crippen LogP contribution in [-0.4, -0.2) is 41.4 Å². The van der Waals surface area contributed by atoms with Crippen molar-refractivity contribution in [2.45, 2.75) is 32.4 Å². The molecule has 41 heavy (non-hydrogen) atoms. The van der Waals surface area contributed by atoms with E-state index in [0.717, 1.165) is 11.1 Å². The Bertz CT molecular complexity index is 1800. The maximum atomic E-state index is 14.7. The fraction of sp³-hybridized carbons (Fsp3) is 0.233. The summed E-state index contributed by atoms with van der Waals surface area (Å²) in [4.78, 5) is 17.8. The normalized spacial score (nSPS) is 12.7. The summed E-state index contributed by atoms with van der Waals surface area (Å²) in [5.74, 6) is -0.737.